The Bertz CT molecular complexity index is 278. The zero-order chi connectivity index (χ0) is 9.84. The number of hydrogen-bond acceptors (Lipinski definition) is 0. The molecule has 1 rings (SSSR count). The molecule has 0 heterocycles. The second-order valence-corrected chi connectivity index (χ2v) is 3.48. The average molecular weight is 180 g/mol. The van der Waals surface area contributed by atoms with Crippen molar-refractivity contribution in [3.05, 3.63) is 35.1 Å². The maximum Gasteiger partial charge on any atom is 0.129 e. The predicted octanol–water partition coefficient (Wildman–Crippen LogP) is 3.90. The van der Waals surface area contributed by atoms with Gasteiger partial charge in [-0.25, -0.2) is 4.39 Å². The molecule has 0 spiro atoms. The molecule has 0 nitrogen and oxygen atoms in total. The van der Waals surface area contributed by atoms with Gasteiger partial charge in [0.05, 0.1) is 0 Å². The first kappa shape index (κ1) is 10.2. The minimum Gasteiger partial charge on any atom is -0.206 e. The minimum absolute atomic E-state index is 0.000602. The smallest absolute Gasteiger partial charge is 0.129 e. The van der Waals surface area contributed by atoms with Crippen molar-refractivity contribution in [2.24, 2.45) is 0 Å². The number of benzene rings is 1. The summed E-state index contributed by atoms with van der Waals surface area (Å²) in [7, 11) is 0. The quantitative estimate of drug-likeness (QED) is 0.661. The van der Waals surface area contributed by atoms with E-state index in [-0.39, 0.29) is 5.82 Å². The van der Waals surface area contributed by atoms with E-state index in [9.17, 15) is 4.39 Å². The lowest BCUT2D eigenvalue weighted by Gasteiger charge is -2.12. The van der Waals surface area contributed by atoms with Gasteiger partial charge in [-0.2, -0.15) is 0 Å². The lowest BCUT2D eigenvalue weighted by molar-refractivity contribution is 0.571. The maximum atomic E-state index is 13.7. The third-order valence-corrected chi connectivity index (χ3v) is 2.63. The molecule has 0 saturated carbocycles. The molecule has 0 fully saturated rings. The van der Waals surface area contributed by atoms with Crippen LogP contribution in [0.4, 0.5) is 4.39 Å². The van der Waals surface area contributed by atoms with Crippen LogP contribution >= 0.6 is 0 Å². The van der Waals surface area contributed by atoms with Crippen LogP contribution in [0.15, 0.2) is 18.2 Å². The molecular weight excluding hydrogens is 163 g/mol. The zero-order valence-corrected chi connectivity index (χ0v) is 8.60. The Labute approximate surface area is 79.8 Å². The predicted molar refractivity (Wildman–Crippen MR) is 54.5 cm³/mol. The molecule has 0 bridgehead atoms. The Morgan fingerprint density at radius 3 is 2.54 bits per heavy atom. The van der Waals surface area contributed by atoms with Crippen molar-refractivity contribution in [1.29, 1.82) is 0 Å². The van der Waals surface area contributed by atoms with E-state index in [1.165, 1.54) is 0 Å². The van der Waals surface area contributed by atoms with Gasteiger partial charge in [0.25, 0.3) is 0 Å². The Morgan fingerprint density at radius 1 is 1.31 bits per heavy atom. The molecule has 1 aromatic rings. The van der Waals surface area contributed by atoms with Crippen LogP contribution in [0.3, 0.4) is 0 Å². The van der Waals surface area contributed by atoms with Crippen molar-refractivity contribution >= 4 is 0 Å². The van der Waals surface area contributed by atoms with Crippen LogP contribution in [-0.4, -0.2) is 0 Å². The molecule has 0 aliphatic rings. The summed E-state index contributed by atoms with van der Waals surface area (Å²) in [6, 6.07) is 5.70. The van der Waals surface area contributed by atoms with Gasteiger partial charge >= 0.3 is 0 Å². The molecule has 0 amide bonds. The molecule has 0 radical (unpaired) electrons. The summed E-state index contributed by atoms with van der Waals surface area (Å²) >= 11 is 0. The zero-order valence-electron chi connectivity index (χ0n) is 8.60. The van der Waals surface area contributed by atoms with E-state index in [2.05, 4.69) is 13.8 Å². The van der Waals surface area contributed by atoms with Crippen LogP contribution in [0.2, 0.25) is 0 Å². The van der Waals surface area contributed by atoms with Crippen molar-refractivity contribution in [2.75, 3.05) is 0 Å². The molecule has 0 N–H and O–H groups in total. The number of aryl methyl sites for hydroxylation is 1. The largest absolute Gasteiger partial charge is 0.206 e. The van der Waals surface area contributed by atoms with E-state index in [1.807, 2.05) is 25.1 Å². The standard InChI is InChI=1S/C12H17F/c1-4-9(3)11-8-6-7-10(5-2)12(11)13/h6-9H,4-5H2,1-3H3. The molecule has 1 aromatic carbocycles. The van der Waals surface area contributed by atoms with Crippen LogP contribution in [-0.2, 0) is 6.42 Å². The summed E-state index contributed by atoms with van der Waals surface area (Å²) < 4.78 is 13.7. The van der Waals surface area contributed by atoms with Crippen LogP contribution in [0.1, 0.15) is 44.2 Å². The molecule has 1 atom stereocenters. The van der Waals surface area contributed by atoms with Gasteiger partial charge in [0.1, 0.15) is 5.82 Å². The second-order valence-electron chi connectivity index (χ2n) is 3.48. The third-order valence-electron chi connectivity index (χ3n) is 2.63. The number of rotatable bonds is 3. The second kappa shape index (κ2) is 4.40. The number of halogens is 1. The summed E-state index contributed by atoms with van der Waals surface area (Å²) in [5, 5.41) is 0. The molecular formula is C12H17F. The highest BCUT2D eigenvalue weighted by atomic mass is 19.1. The lowest BCUT2D eigenvalue weighted by Crippen LogP contribution is -1.99. The normalized spacial score (nSPS) is 12.9. The van der Waals surface area contributed by atoms with Crippen LogP contribution in [0, 0.1) is 5.82 Å². The number of hydrogen-bond donors (Lipinski definition) is 0. The van der Waals surface area contributed by atoms with Crippen molar-refractivity contribution in [3.63, 3.8) is 0 Å². The van der Waals surface area contributed by atoms with Gasteiger partial charge in [-0.1, -0.05) is 39.0 Å². The monoisotopic (exact) mass is 180 g/mol. The first-order valence-electron chi connectivity index (χ1n) is 4.98. The molecule has 72 valence electrons. The fraction of sp³-hybridized carbons (Fsp3) is 0.500. The van der Waals surface area contributed by atoms with Gasteiger partial charge in [0.15, 0.2) is 0 Å². The van der Waals surface area contributed by atoms with E-state index in [0.717, 1.165) is 24.0 Å². The molecule has 1 unspecified atom stereocenters. The van der Waals surface area contributed by atoms with Gasteiger partial charge in [-0.3, -0.25) is 0 Å². The molecule has 0 saturated heterocycles. The Balaban J connectivity index is 3.08. The van der Waals surface area contributed by atoms with Crippen molar-refractivity contribution < 1.29 is 4.39 Å². The van der Waals surface area contributed by atoms with Gasteiger partial charge in [0.2, 0.25) is 0 Å². The molecule has 13 heavy (non-hydrogen) atoms. The van der Waals surface area contributed by atoms with Crippen molar-refractivity contribution in [3.8, 4) is 0 Å². The highest BCUT2D eigenvalue weighted by Crippen LogP contribution is 2.23. The Kier molecular flexibility index (Phi) is 3.47. The summed E-state index contributed by atoms with van der Waals surface area (Å²) in [4.78, 5) is 0. The van der Waals surface area contributed by atoms with Crippen LogP contribution < -0.4 is 0 Å². The molecule has 0 aromatic heterocycles. The van der Waals surface area contributed by atoms with E-state index in [0.29, 0.717) is 5.92 Å². The van der Waals surface area contributed by atoms with Crippen LogP contribution in [0.25, 0.3) is 0 Å². The van der Waals surface area contributed by atoms with E-state index in [1.54, 1.807) is 0 Å². The first-order chi connectivity index (χ1) is 6.20. The SMILES string of the molecule is CCc1cccc(C(C)CC)c1F. The first-order valence-corrected chi connectivity index (χ1v) is 4.98. The summed E-state index contributed by atoms with van der Waals surface area (Å²) in [5.41, 5.74) is 1.69. The van der Waals surface area contributed by atoms with Gasteiger partial charge < -0.3 is 0 Å². The Hall–Kier alpha value is -0.850. The summed E-state index contributed by atoms with van der Waals surface area (Å²) in [6.07, 6.45) is 1.76. The Morgan fingerprint density at radius 2 is 2.00 bits per heavy atom. The molecule has 0 aliphatic heterocycles. The van der Waals surface area contributed by atoms with Crippen molar-refractivity contribution in [1.82, 2.24) is 0 Å². The summed E-state index contributed by atoms with van der Waals surface area (Å²) in [6.45, 7) is 6.14. The molecule has 1 heteroatoms. The van der Waals surface area contributed by atoms with Crippen molar-refractivity contribution in [2.45, 2.75) is 39.5 Å². The fourth-order valence-corrected chi connectivity index (χ4v) is 1.47. The van der Waals surface area contributed by atoms with E-state index in [4.69, 9.17) is 0 Å². The van der Waals surface area contributed by atoms with Gasteiger partial charge in [0, 0.05) is 0 Å². The van der Waals surface area contributed by atoms with Gasteiger partial charge in [-0.15, -0.1) is 0 Å². The highest BCUT2D eigenvalue weighted by molar-refractivity contribution is 5.28. The van der Waals surface area contributed by atoms with E-state index >= 15 is 0 Å². The maximum absolute atomic E-state index is 13.7. The topological polar surface area (TPSA) is 0 Å². The third kappa shape index (κ3) is 2.09. The highest BCUT2D eigenvalue weighted by Gasteiger charge is 2.10. The van der Waals surface area contributed by atoms with Crippen LogP contribution in [0.5, 0.6) is 0 Å². The molecule has 0 aliphatic carbocycles. The van der Waals surface area contributed by atoms with Gasteiger partial charge in [-0.05, 0) is 29.9 Å². The lowest BCUT2D eigenvalue weighted by atomic mass is 9.95. The average Bonchev–Trinajstić information content (AvgIpc) is 2.17. The summed E-state index contributed by atoms with van der Waals surface area (Å²) in [5.74, 6) is 0.325. The minimum atomic E-state index is -0.000602. The van der Waals surface area contributed by atoms with E-state index < -0.39 is 0 Å². The fourth-order valence-electron chi connectivity index (χ4n) is 1.47.